The summed E-state index contributed by atoms with van der Waals surface area (Å²) in [4.78, 5) is 0. The molecule has 1 aliphatic heterocycles. The Balaban J connectivity index is 2.22. The van der Waals surface area contributed by atoms with Crippen molar-refractivity contribution in [2.24, 2.45) is 0 Å². The molecule has 0 spiro atoms. The molecule has 4 heteroatoms. The molecule has 0 amide bonds. The maximum absolute atomic E-state index is 5.32. The van der Waals surface area contributed by atoms with E-state index in [1.165, 1.54) is 0 Å². The molecule has 0 radical (unpaired) electrons. The highest BCUT2D eigenvalue weighted by atomic mass is 28.3. The summed E-state index contributed by atoms with van der Waals surface area (Å²) in [5, 5.41) is 0. The van der Waals surface area contributed by atoms with Crippen LogP contribution in [0.1, 0.15) is 13.3 Å². The normalized spacial score (nSPS) is 31.2. The topological polar surface area (TPSA) is 31.0 Å². The van der Waals surface area contributed by atoms with Crippen molar-refractivity contribution >= 4 is 9.28 Å². The van der Waals surface area contributed by atoms with Crippen molar-refractivity contribution < 1.29 is 13.6 Å². The van der Waals surface area contributed by atoms with Crippen molar-refractivity contribution in [3.63, 3.8) is 0 Å². The van der Waals surface area contributed by atoms with Gasteiger partial charge < -0.3 is 13.6 Å². The minimum Gasteiger partial charge on any atom is -0.398 e. The molecule has 60 valence electrons. The van der Waals surface area contributed by atoms with E-state index in [1.807, 2.05) is 0 Å². The molecule has 1 saturated heterocycles. The van der Waals surface area contributed by atoms with Crippen LogP contribution in [0.5, 0.6) is 0 Å². The third kappa shape index (κ3) is 1.57. The molecule has 1 rings (SSSR count). The molecular weight excluding hydrogens is 148 g/mol. The van der Waals surface area contributed by atoms with Gasteiger partial charge in [-0.25, -0.2) is 0 Å². The highest BCUT2D eigenvalue weighted by Gasteiger charge is 2.46. The van der Waals surface area contributed by atoms with Gasteiger partial charge >= 0.3 is 9.28 Å². The summed E-state index contributed by atoms with van der Waals surface area (Å²) >= 11 is 0. The zero-order chi connectivity index (χ0) is 7.56. The number of ether oxygens (including phenoxy) is 1. The predicted molar refractivity (Wildman–Crippen MR) is 40.1 cm³/mol. The van der Waals surface area contributed by atoms with Crippen LogP contribution in [-0.2, 0) is 13.6 Å². The summed E-state index contributed by atoms with van der Waals surface area (Å²) in [6, 6.07) is 0. The lowest BCUT2D eigenvalue weighted by Crippen LogP contribution is -2.28. The molecule has 0 saturated carbocycles. The van der Waals surface area contributed by atoms with Crippen molar-refractivity contribution in [2.75, 3.05) is 14.2 Å². The van der Waals surface area contributed by atoms with Gasteiger partial charge in [-0.3, -0.25) is 0 Å². The second-order valence-corrected chi connectivity index (χ2v) is 4.72. The van der Waals surface area contributed by atoms with E-state index in [1.54, 1.807) is 14.2 Å². The maximum atomic E-state index is 5.32. The molecule has 1 aliphatic rings. The maximum Gasteiger partial charge on any atom is 0.353 e. The van der Waals surface area contributed by atoms with E-state index in [-0.39, 0.29) is 0 Å². The molecule has 0 aliphatic carbocycles. The first-order valence-electron chi connectivity index (χ1n) is 3.54. The molecule has 0 aromatic carbocycles. The lowest BCUT2D eigenvalue weighted by Gasteiger charge is -2.06. The van der Waals surface area contributed by atoms with Crippen molar-refractivity contribution in [2.45, 2.75) is 25.2 Å². The van der Waals surface area contributed by atoms with Crippen LogP contribution in [0.2, 0.25) is 0 Å². The third-order valence-corrected chi connectivity index (χ3v) is 3.81. The van der Waals surface area contributed by atoms with Crippen LogP contribution in [0.25, 0.3) is 0 Å². The number of rotatable bonds is 4. The first-order valence-corrected chi connectivity index (χ1v) is 5.15. The quantitative estimate of drug-likeness (QED) is 0.437. The summed E-state index contributed by atoms with van der Waals surface area (Å²) in [5.41, 5.74) is 0.306. The summed E-state index contributed by atoms with van der Waals surface area (Å²) in [6.45, 7) is 2.11. The molecule has 0 N–H and O–H groups in total. The van der Waals surface area contributed by atoms with Crippen LogP contribution >= 0.6 is 0 Å². The van der Waals surface area contributed by atoms with Gasteiger partial charge in [0.15, 0.2) is 0 Å². The Labute approximate surface area is 63.1 Å². The largest absolute Gasteiger partial charge is 0.398 e. The van der Waals surface area contributed by atoms with Crippen LogP contribution in [0, 0.1) is 0 Å². The second kappa shape index (κ2) is 3.48. The smallest absolute Gasteiger partial charge is 0.353 e. The van der Waals surface area contributed by atoms with Gasteiger partial charge in [0, 0.05) is 14.2 Å². The van der Waals surface area contributed by atoms with E-state index in [0.717, 1.165) is 6.42 Å². The Kier molecular flexibility index (Phi) is 2.85. The fraction of sp³-hybridized carbons (Fsp3) is 1.00. The average molecular weight is 162 g/mol. The van der Waals surface area contributed by atoms with Gasteiger partial charge in [-0.2, -0.15) is 0 Å². The van der Waals surface area contributed by atoms with E-state index >= 15 is 0 Å². The van der Waals surface area contributed by atoms with Gasteiger partial charge in [0.2, 0.25) is 0 Å². The minimum atomic E-state index is -1.45. The molecule has 2 unspecified atom stereocenters. The third-order valence-electron chi connectivity index (χ3n) is 1.76. The summed E-state index contributed by atoms with van der Waals surface area (Å²) in [5.74, 6) is 0. The van der Waals surface area contributed by atoms with E-state index in [0.29, 0.717) is 11.8 Å². The zero-order valence-corrected chi connectivity index (χ0v) is 7.82. The molecule has 0 bridgehead atoms. The fourth-order valence-electron chi connectivity index (χ4n) is 1.09. The first-order chi connectivity index (χ1) is 4.83. The number of epoxide rings is 1. The van der Waals surface area contributed by atoms with Gasteiger partial charge in [-0.15, -0.1) is 0 Å². The van der Waals surface area contributed by atoms with Crippen LogP contribution < -0.4 is 0 Å². The van der Waals surface area contributed by atoms with Crippen molar-refractivity contribution in [1.29, 1.82) is 0 Å². The van der Waals surface area contributed by atoms with Crippen LogP contribution in [0.3, 0.4) is 0 Å². The Morgan fingerprint density at radius 3 is 2.30 bits per heavy atom. The monoisotopic (exact) mass is 162 g/mol. The average Bonchev–Trinajstić information content (AvgIpc) is 2.70. The SMILES string of the molecule is CCC1OC1[SiH](OC)OC. The lowest BCUT2D eigenvalue weighted by atomic mass is 10.4. The molecule has 2 atom stereocenters. The minimum absolute atomic E-state index is 0.306. The predicted octanol–water partition coefficient (Wildman–Crippen LogP) is 0.216. The zero-order valence-electron chi connectivity index (χ0n) is 6.66. The summed E-state index contributed by atoms with van der Waals surface area (Å²) in [7, 11) is 1.93. The fourth-order valence-corrected chi connectivity index (χ4v) is 2.77. The van der Waals surface area contributed by atoms with Gasteiger partial charge in [-0.05, 0) is 6.42 Å². The van der Waals surface area contributed by atoms with Gasteiger partial charge in [0.05, 0.1) is 6.10 Å². The molecule has 10 heavy (non-hydrogen) atoms. The van der Waals surface area contributed by atoms with Crippen LogP contribution in [-0.4, -0.2) is 35.3 Å². The van der Waals surface area contributed by atoms with Gasteiger partial charge in [-0.1, -0.05) is 6.92 Å². The van der Waals surface area contributed by atoms with E-state index in [4.69, 9.17) is 13.6 Å². The molecule has 0 aromatic heterocycles. The molecule has 1 fully saturated rings. The second-order valence-electron chi connectivity index (χ2n) is 2.39. The van der Waals surface area contributed by atoms with E-state index in [9.17, 15) is 0 Å². The van der Waals surface area contributed by atoms with Crippen molar-refractivity contribution in [3.8, 4) is 0 Å². The molecular formula is C6H14O3Si. The van der Waals surface area contributed by atoms with Crippen molar-refractivity contribution in [1.82, 2.24) is 0 Å². The van der Waals surface area contributed by atoms with Crippen molar-refractivity contribution in [3.05, 3.63) is 0 Å². The Morgan fingerprint density at radius 1 is 1.40 bits per heavy atom. The van der Waals surface area contributed by atoms with Crippen LogP contribution in [0.4, 0.5) is 0 Å². The Morgan fingerprint density at radius 2 is 2.00 bits per heavy atom. The highest BCUT2D eigenvalue weighted by Crippen LogP contribution is 2.27. The number of hydrogen-bond donors (Lipinski definition) is 0. The van der Waals surface area contributed by atoms with Crippen LogP contribution in [0.15, 0.2) is 0 Å². The standard InChI is InChI=1S/C6H14O3Si/c1-4-5-6(9-5)10(7-2)8-3/h5-6,10H,4H2,1-3H3. The Bertz CT molecular complexity index is 105. The van der Waals surface area contributed by atoms with Gasteiger partial charge in [0.1, 0.15) is 5.73 Å². The molecule has 0 aromatic rings. The summed E-state index contributed by atoms with van der Waals surface area (Å²) < 4.78 is 15.6. The summed E-state index contributed by atoms with van der Waals surface area (Å²) in [6.07, 6.45) is 1.48. The first kappa shape index (κ1) is 8.20. The Hall–Kier alpha value is 0.0969. The van der Waals surface area contributed by atoms with E-state index < -0.39 is 9.28 Å². The molecule has 1 heterocycles. The number of hydrogen-bond acceptors (Lipinski definition) is 3. The van der Waals surface area contributed by atoms with Gasteiger partial charge in [0.25, 0.3) is 0 Å². The molecule has 3 nitrogen and oxygen atoms in total. The lowest BCUT2D eigenvalue weighted by molar-refractivity contribution is 0.257. The van der Waals surface area contributed by atoms with E-state index in [2.05, 4.69) is 6.92 Å². The highest BCUT2D eigenvalue weighted by molar-refractivity contribution is 6.47.